The Kier molecular flexibility index (Phi) is 6.93. The van der Waals surface area contributed by atoms with Crippen molar-refractivity contribution < 1.29 is 28.3 Å². The summed E-state index contributed by atoms with van der Waals surface area (Å²) in [6.45, 7) is 10.1. The third-order valence-corrected chi connectivity index (χ3v) is 6.08. The summed E-state index contributed by atoms with van der Waals surface area (Å²) in [6.07, 6.45) is 3.85. The first-order chi connectivity index (χ1) is 14.6. The minimum Gasteiger partial charge on any atom is -0.490 e. The number of halogens is 1. The molecule has 168 valence electrons. The zero-order valence-electron chi connectivity index (χ0n) is 19.1. The van der Waals surface area contributed by atoms with E-state index in [1.165, 1.54) is 13.2 Å². The first kappa shape index (κ1) is 23.5. The van der Waals surface area contributed by atoms with Gasteiger partial charge in [-0.25, -0.2) is 4.39 Å². The molecule has 0 amide bonds. The van der Waals surface area contributed by atoms with Crippen LogP contribution in [0.1, 0.15) is 46.1 Å². The highest BCUT2D eigenvalue weighted by molar-refractivity contribution is 6.45. The number of nitrogens with zero attached hydrogens (tertiary/aromatic N) is 1. The number of aliphatic hydroxyl groups is 1. The lowest BCUT2D eigenvalue weighted by atomic mass is 9.75. The maximum Gasteiger partial charge on any atom is 0.458 e. The van der Waals surface area contributed by atoms with Crippen molar-refractivity contribution in [3.8, 4) is 22.6 Å². The van der Waals surface area contributed by atoms with E-state index in [9.17, 15) is 9.50 Å². The zero-order chi connectivity index (χ0) is 22.8. The minimum absolute atomic E-state index is 0.0729. The van der Waals surface area contributed by atoms with E-state index in [1.807, 2.05) is 40.7 Å². The molecule has 1 N–H and O–H groups in total. The molecule has 1 atom stereocenters. The lowest BCUT2D eigenvalue weighted by molar-refractivity contribution is 0.00578. The fraction of sp³-hybridized carbons (Fsp3) is 0.522. The van der Waals surface area contributed by atoms with Crippen LogP contribution in [0.25, 0.3) is 11.1 Å². The normalized spacial score (nSPS) is 18.1. The summed E-state index contributed by atoms with van der Waals surface area (Å²) in [4.78, 5) is 4.32. The largest absolute Gasteiger partial charge is 0.490 e. The van der Waals surface area contributed by atoms with Crippen molar-refractivity contribution in [2.24, 2.45) is 0 Å². The molecule has 2 aromatic rings. The molecule has 1 saturated heterocycles. The molecule has 0 radical (unpaired) electrons. The van der Waals surface area contributed by atoms with Gasteiger partial charge in [0.2, 0.25) is 0 Å². The van der Waals surface area contributed by atoms with Crippen LogP contribution in [0.2, 0.25) is 6.32 Å². The second-order valence-corrected chi connectivity index (χ2v) is 8.73. The second kappa shape index (κ2) is 9.14. The fourth-order valence-corrected chi connectivity index (χ4v) is 3.64. The summed E-state index contributed by atoms with van der Waals surface area (Å²) in [6, 6.07) is 5.02. The lowest BCUT2D eigenvalue weighted by Crippen LogP contribution is -2.41. The SMILES string of the molecule is CCOc1cc(-c2cncc(C(CO)CB3OC(C)(C)C(C)(C)O3)c2)cc(F)c1OC. The second-order valence-electron chi connectivity index (χ2n) is 8.73. The summed E-state index contributed by atoms with van der Waals surface area (Å²) in [5, 5.41) is 10.1. The van der Waals surface area contributed by atoms with Crippen molar-refractivity contribution in [3.63, 3.8) is 0 Å². The van der Waals surface area contributed by atoms with E-state index in [-0.39, 0.29) is 18.3 Å². The third kappa shape index (κ3) is 4.86. The Labute approximate surface area is 183 Å². The number of methoxy groups -OCH3 is 1. The number of aliphatic hydroxyl groups excluding tert-OH is 1. The molecule has 8 heteroatoms. The van der Waals surface area contributed by atoms with Gasteiger partial charge in [-0.05, 0) is 70.3 Å². The van der Waals surface area contributed by atoms with Crippen LogP contribution in [0.4, 0.5) is 4.39 Å². The highest BCUT2D eigenvalue weighted by Gasteiger charge is 2.51. The van der Waals surface area contributed by atoms with E-state index in [0.717, 1.165) is 5.56 Å². The molecule has 0 aliphatic carbocycles. The van der Waals surface area contributed by atoms with E-state index >= 15 is 0 Å². The van der Waals surface area contributed by atoms with Gasteiger partial charge in [0, 0.05) is 30.5 Å². The Morgan fingerprint density at radius 2 is 1.77 bits per heavy atom. The van der Waals surface area contributed by atoms with Crippen LogP contribution in [-0.2, 0) is 9.31 Å². The molecule has 1 unspecified atom stereocenters. The molecular formula is C23H31BFNO5. The number of hydrogen-bond acceptors (Lipinski definition) is 6. The van der Waals surface area contributed by atoms with E-state index in [0.29, 0.717) is 29.8 Å². The first-order valence-electron chi connectivity index (χ1n) is 10.5. The molecule has 0 bridgehead atoms. The van der Waals surface area contributed by atoms with Gasteiger partial charge in [0.05, 0.1) is 24.9 Å². The smallest absolute Gasteiger partial charge is 0.458 e. The van der Waals surface area contributed by atoms with Crippen molar-refractivity contribution in [1.82, 2.24) is 4.98 Å². The molecule has 1 aliphatic heterocycles. The van der Waals surface area contributed by atoms with Crippen LogP contribution >= 0.6 is 0 Å². The van der Waals surface area contributed by atoms with Crippen molar-refractivity contribution in [2.45, 2.75) is 58.1 Å². The van der Waals surface area contributed by atoms with Crippen LogP contribution in [0.3, 0.4) is 0 Å². The van der Waals surface area contributed by atoms with Crippen molar-refractivity contribution in [3.05, 3.63) is 42.0 Å². The molecule has 1 aliphatic rings. The van der Waals surface area contributed by atoms with Gasteiger partial charge in [0.1, 0.15) is 0 Å². The highest BCUT2D eigenvalue weighted by Crippen LogP contribution is 2.40. The number of hydrogen-bond donors (Lipinski definition) is 1. The summed E-state index contributed by atoms with van der Waals surface area (Å²) in [5.74, 6) is -0.341. The predicted molar refractivity (Wildman–Crippen MR) is 118 cm³/mol. The Bertz CT molecular complexity index is 905. The van der Waals surface area contributed by atoms with E-state index in [2.05, 4.69) is 4.98 Å². The molecule has 0 spiro atoms. The molecule has 1 fully saturated rings. The molecule has 3 rings (SSSR count). The Morgan fingerprint density at radius 3 is 2.35 bits per heavy atom. The van der Waals surface area contributed by atoms with Gasteiger partial charge >= 0.3 is 7.12 Å². The van der Waals surface area contributed by atoms with Gasteiger partial charge in [-0.2, -0.15) is 0 Å². The van der Waals surface area contributed by atoms with Crippen LogP contribution < -0.4 is 9.47 Å². The van der Waals surface area contributed by atoms with Gasteiger partial charge in [0.25, 0.3) is 0 Å². The Hall–Kier alpha value is -2.16. The highest BCUT2D eigenvalue weighted by atomic mass is 19.1. The monoisotopic (exact) mass is 431 g/mol. The standard InChI is InChI=1S/C23H31BFNO5/c1-7-29-20-10-15(9-19(25)21(20)28-6)16-8-17(13-26-12-16)18(14-27)11-24-30-22(2,3)23(4,5)31-24/h8-10,12-13,18,27H,7,11,14H2,1-6H3. The summed E-state index contributed by atoms with van der Waals surface area (Å²) in [5.41, 5.74) is 1.28. The summed E-state index contributed by atoms with van der Waals surface area (Å²) < 4.78 is 37.4. The van der Waals surface area contributed by atoms with Crippen LogP contribution in [-0.4, -0.2) is 48.7 Å². The Balaban J connectivity index is 1.87. The summed E-state index contributed by atoms with van der Waals surface area (Å²) >= 11 is 0. The number of pyridine rings is 1. The van der Waals surface area contributed by atoms with Gasteiger partial charge in [-0.15, -0.1) is 0 Å². The molecule has 2 heterocycles. The topological polar surface area (TPSA) is 70.0 Å². The van der Waals surface area contributed by atoms with Gasteiger partial charge in [-0.1, -0.05) is 0 Å². The van der Waals surface area contributed by atoms with Gasteiger partial charge in [0.15, 0.2) is 17.3 Å². The van der Waals surface area contributed by atoms with E-state index < -0.39 is 24.1 Å². The molecule has 1 aromatic heterocycles. The average molecular weight is 431 g/mol. The maximum atomic E-state index is 14.6. The number of rotatable bonds is 8. The molecule has 31 heavy (non-hydrogen) atoms. The average Bonchev–Trinajstić information content (AvgIpc) is 2.92. The first-order valence-corrected chi connectivity index (χ1v) is 10.5. The summed E-state index contributed by atoms with van der Waals surface area (Å²) in [7, 11) is 0.971. The minimum atomic E-state index is -0.509. The van der Waals surface area contributed by atoms with Crippen molar-refractivity contribution >= 4 is 7.12 Å². The lowest BCUT2D eigenvalue weighted by Gasteiger charge is -2.32. The quantitative estimate of drug-likeness (QED) is 0.623. The molecule has 6 nitrogen and oxygen atoms in total. The zero-order valence-corrected chi connectivity index (χ0v) is 19.1. The van der Waals surface area contributed by atoms with Crippen LogP contribution in [0.15, 0.2) is 30.6 Å². The van der Waals surface area contributed by atoms with E-state index in [1.54, 1.807) is 18.5 Å². The van der Waals surface area contributed by atoms with Crippen LogP contribution in [0, 0.1) is 5.82 Å². The predicted octanol–water partition coefficient (Wildman–Crippen LogP) is 4.46. The van der Waals surface area contributed by atoms with Gasteiger partial charge < -0.3 is 23.9 Å². The van der Waals surface area contributed by atoms with Gasteiger partial charge in [-0.3, -0.25) is 4.98 Å². The van der Waals surface area contributed by atoms with Crippen molar-refractivity contribution in [2.75, 3.05) is 20.3 Å². The molecule has 0 saturated carbocycles. The molecular weight excluding hydrogens is 400 g/mol. The van der Waals surface area contributed by atoms with E-state index in [4.69, 9.17) is 18.8 Å². The third-order valence-electron chi connectivity index (χ3n) is 6.08. The number of aromatic nitrogens is 1. The van der Waals surface area contributed by atoms with Crippen LogP contribution in [0.5, 0.6) is 11.5 Å². The fourth-order valence-electron chi connectivity index (χ4n) is 3.64. The maximum absolute atomic E-state index is 14.6. The Morgan fingerprint density at radius 1 is 1.10 bits per heavy atom. The number of benzene rings is 1. The number of ether oxygens (including phenoxy) is 2. The molecule has 1 aromatic carbocycles. The van der Waals surface area contributed by atoms with Crippen molar-refractivity contribution in [1.29, 1.82) is 0 Å².